The molecule has 3 aromatic rings. The highest BCUT2D eigenvalue weighted by atomic mass is 32.2. The Balaban J connectivity index is 2.10. The molecule has 0 saturated carbocycles. The molecule has 2 N–H and O–H groups in total. The number of carbonyl (C=O) groups is 2. The number of sulfonamides is 1. The van der Waals surface area contributed by atoms with Gasteiger partial charge < -0.3 is 10.4 Å². The fourth-order valence-electron chi connectivity index (χ4n) is 2.89. The summed E-state index contributed by atoms with van der Waals surface area (Å²) in [5.74, 6) is -1.55. The van der Waals surface area contributed by atoms with E-state index in [4.69, 9.17) is 0 Å². The van der Waals surface area contributed by atoms with E-state index in [1.54, 1.807) is 24.3 Å². The van der Waals surface area contributed by atoms with Gasteiger partial charge in [-0.3, -0.25) is 13.9 Å². The number of anilines is 2. The molecule has 0 spiro atoms. The molecule has 7 nitrogen and oxygen atoms in total. The Morgan fingerprint density at radius 2 is 1.61 bits per heavy atom. The van der Waals surface area contributed by atoms with Crippen molar-refractivity contribution in [1.29, 1.82) is 0 Å². The molecule has 8 heteroatoms. The number of carboxylic acid groups (broad SMARTS) is 1. The lowest BCUT2D eigenvalue weighted by Gasteiger charge is -2.24. The van der Waals surface area contributed by atoms with Gasteiger partial charge in [-0.1, -0.05) is 36.4 Å². The van der Waals surface area contributed by atoms with Gasteiger partial charge >= 0.3 is 5.97 Å². The summed E-state index contributed by atoms with van der Waals surface area (Å²) in [6.45, 7) is 0.629. The van der Waals surface area contributed by atoms with Crippen LogP contribution in [0.4, 0.5) is 11.4 Å². The zero-order chi connectivity index (χ0) is 20.3. The van der Waals surface area contributed by atoms with Gasteiger partial charge in [0.05, 0.1) is 10.6 Å². The number of carbonyl (C=O) groups excluding carboxylic acids is 1. The fraction of sp³-hybridized carbons (Fsp3) is 0.100. The molecule has 144 valence electrons. The highest BCUT2D eigenvalue weighted by molar-refractivity contribution is 7.92. The number of carboxylic acids is 1. The summed E-state index contributed by atoms with van der Waals surface area (Å²) in [6, 6.07) is 17.8. The molecular weight excluding hydrogens is 380 g/mol. The van der Waals surface area contributed by atoms with Crippen LogP contribution in [-0.4, -0.2) is 31.9 Å². The summed E-state index contributed by atoms with van der Waals surface area (Å²) in [4.78, 5) is 22.5. The standard InChI is InChI=1S/C20H18N2O5S/c1-14(23)21-16-9-11-17(12-10-16)28(26,27)22(13-20(24)25)19-8-4-6-15-5-2-3-7-18(15)19/h2-12H,13H2,1H3,(H,21,23)(H,24,25). The lowest BCUT2D eigenvalue weighted by atomic mass is 10.1. The average Bonchev–Trinajstić information content (AvgIpc) is 2.65. The Hall–Kier alpha value is -3.39. The van der Waals surface area contributed by atoms with Crippen LogP contribution in [0.5, 0.6) is 0 Å². The maximum atomic E-state index is 13.2. The summed E-state index contributed by atoms with van der Waals surface area (Å²) in [6.07, 6.45) is 0. The number of nitrogens with one attached hydrogen (secondary N) is 1. The van der Waals surface area contributed by atoms with E-state index in [9.17, 15) is 23.1 Å². The summed E-state index contributed by atoms with van der Waals surface area (Å²) in [5, 5.41) is 13.3. The van der Waals surface area contributed by atoms with Crippen molar-refractivity contribution in [2.45, 2.75) is 11.8 Å². The van der Waals surface area contributed by atoms with Crippen LogP contribution in [0, 0.1) is 0 Å². The Bertz CT molecular complexity index is 1140. The van der Waals surface area contributed by atoms with Gasteiger partial charge in [0.15, 0.2) is 0 Å². The van der Waals surface area contributed by atoms with Gasteiger partial charge in [0.25, 0.3) is 10.0 Å². The summed E-state index contributed by atoms with van der Waals surface area (Å²) < 4.78 is 27.3. The minimum absolute atomic E-state index is 0.0733. The van der Waals surface area contributed by atoms with E-state index in [0.29, 0.717) is 11.1 Å². The zero-order valence-corrected chi connectivity index (χ0v) is 15.8. The van der Waals surface area contributed by atoms with E-state index >= 15 is 0 Å². The molecule has 0 aromatic heterocycles. The molecule has 0 saturated heterocycles. The maximum Gasteiger partial charge on any atom is 0.324 e. The van der Waals surface area contributed by atoms with Gasteiger partial charge in [-0.25, -0.2) is 8.42 Å². The fourth-order valence-corrected chi connectivity index (χ4v) is 4.32. The molecule has 0 aliphatic carbocycles. The van der Waals surface area contributed by atoms with E-state index in [2.05, 4.69) is 5.32 Å². The molecule has 3 rings (SSSR count). The van der Waals surface area contributed by atoms with Gasteiger partial charge in [-0.15, -0.1) is 0 Å². The van der Waals surface area contributed by atoms with Crippen molar-refractivity contribution >= 4 is 44.0 Å². The quantitative estimate of drug-likeness (QED) is 0.664. The highest BCUT2D eigenvalue weighted by Crippen LogP contribution is 2.31. The van der Waals surface area contributed by atoms with Crippen LogP contribution in [0.15, 0.2) is 71.6 Å². The molecule has 0 heterocycles. The molecule has 0 radical (unpaired) electrons. The number of benzene rings is 3. The van der Waals surface area contributed by atoms with Crippen molar-refractivity contribution in [1.82, 2.24) is 0 Å². The largest absolute Gasteiger partial charge is 0.480 e. The summed E-state index contributed by atoms with van der Waals surface area (Å²) >= 11 is 0. The van der Waals surface area contributed by atoms with Crippen molar-refractivity contribution in [2.75, 3.05) is 16.2 Å². The first kappa shape index (κ1) is 19.4. The van der Waals surface area contributed by atoms with Crippen molar-refractivity contribution < 1.29 is 23.1 Å². The normalized spacial score (nSPS) is 11.2. The van der Waals surface area contributed by atoms with Crippen LogP contribution < -0.4 is 9.62 Å². The predicted octanol–water partition coefficient (Wildman–Crippen LogP) is 3.08. The predicted molar refractivity (Wildman–Crippen MR) is 107 cm³/mol. The average molecular weight is 398 g/mol. The molecule has 0 fully saturated rings. The molecule has 0 bridgehead atoms. The lowest BCUT2D eigenvalue weighted by molar-refractivity contribution is -0.135. The Morgan fingerprint density at radius 3 is 2.25 bits per heavy atom. The first-order valence-corrected chi connectivity index (χ1v) is 9.83. The second-order valence-electron chi connectivity index (χ2n) is 6.11. The highest BCUT2D eigenvalue weighted by Gasteiger charge is 2.28. The number of amides is 1. The van der Waals surface area contributed by atoms with Crippen molar-refractivity contribution in [2.24, 2.45) is 0 Å². The Kier molecular flexibility index (Phi) is 5.32. The van der Waals surface area contributed by atoms with Gasteiger partial charge in [-0.2, -0.15) is 0 Å². The molecule has 0 aliphatic rings. The minimum Gasteiger partial charge on any atom is -0.480 e. The Morgan fingerprint density at radius 1 is 0.964 bits per heavy atom. The monoisotopic (exact) mass is 398 g/mol. The SMILES string of the molecule is CC(=O)Nc1ccc(S(=O)(=O)N(CC(=O)O)c2cccc3ccccc23)cc1. The summed E-state index contributed by atoms with van der Waals surface area (Å²) in [5.41, 5.74) is 0.729. The van der Waals surface area contributed by atoms with Gasteiger partial charge in [0.2, 0.25) is 5.91 Å². The van der Waals surface area contributed by atoms with Crippen LogP contribution in [0.25, 0.3) is 10.8 Å². The number of hydrogen-bond donors (Lipinski definition) is 2. The van der Waals surface area contributed by atoms with Crippen LogP contribution in [0.2, 0.25) is 0 Å². The molecule has 0 aliphatic heterocycles. The maximum absolute atomic E-state index is 13.2. The number of rotatable bonds is 6. The molecular formula is C20H18N2O5S. The lowest BCUT2D eigenvalue weighted by Crippen LogP contribution is -2.35. The van der Waals surface area contributed by atoms with Crippen LogP contribution in [-0.2, 0) is 19.6 Å². The number of fused-ring (bicyclic) bond motifs is 1. The number of nitrogens with zero attached hydrogens (tertiary/aromatic N) is 1. The van der Waals surface area contributed by atoms with Gasteiger partial charge in [0.1, 0.15) is 6.54 Å². The first-order valence-electron chi connectivity index (χ1n) is 8.39. The van der Waals surface area contributed by atoms with Crippen LogP contribution in [0.3, 0.4) is 0 Å². The smallest absolute Gasteiger partial charge is 0.324 e. The zero-order valence-electron chi connectivity index (χ0n) is 15.0. The Labute approximate surface area is 162 Å². The first-order chi connectivity index (χ1) is 13.3. The third-order valence-electron chi connectivity index (χ3n) is 4.08. The molecule has 28 heavy (non-hydrogen) atoms. The molecule has 3 aromatic carbocycles. The van der Waals surface area contributed by atoms with E-state index in [0.717, 1.165) is 9.69 Å². The van der Waals surface area contributed by atoms with E-state index < -0.39 is 22.5 Å². The van der Waals surface area contributed by atoms with Crippen molar-refractivity contribution in [3.63, 3.8) is 0 Å². The van der Waals surface area contributed by atoms with Crippen molar-refractivity contribution in [3.05, 3.63) is 66.7 Å². The van der Waals surface area contributed by atoms with Crippen LogP contribution >= 0.6 is 0 Å². The van der Waals surface area contributed by atoms with Crippen molar-refractivity contribution in [3.8, 4) is 0 Å². The topological polar surface area (TPSA) is 104 Å². The van der Waals surface area contributed by atoms with Gasteiger partial charge in [0, 0.05) is 18.0 Å². The van der Waals surface area contributed by atoms with E-state index in [1.807, 2.05) is 18.2 Å². The number of hydrogen-bond acceptors (Lipinski definition) is 4. The number of aliphatic carboxylic acids is 1. The van der Waals surface area contributed by atoms with E-state index in [-0.39, 0.29) is 16.5 Å². The minimum atomic E-state index is -4.15. The third kappa shape index (κ3) is 3.96. The van der Waals surface area contributed by atoms with Gasteiger partial charge in [-0.05, 0) is 35.7 Å². The second kappa shape index (κ2) is 7.69. The molecule has 1 amide bonds. The van der Waals surface area contributed by atoms with Crippen LogP contribution in [0.1, 0.15) is 6.92 Å². The second-order valence-corrected chi connectivity index (χ2v) is 7.97. The third-order valence-corrected chi connectivity index (χ3v) is 5.85. The van der Waals surface area contributed by atoms with E-state index in [1.165, 1.54) is 31.2 Å². The molecule has 0 unspecified atom stereocenters. The molecule has 0 atom stereocenters. The summed E-state index contributed by atoms with van der Waals surface area (Å²) in [7, 11) is -4.15.